The summed E-state index contributed by atoms with van der Waals surface area (Å²) < 4.78 is 15.9. The largest absolute Gasteiger partial charge is 0.497 e. The van der Waals surface area contributed by atoms with Gasteiger partial charge in [-0.25, -0.2) is 0 Å². The monoisotopic (exact) mass is 490 g/mol. The van der Waals surface area contributed by atoms with Crippen molar-refractivity contribution in [1.29, 1.82) is 0 Å². The summed E-state index contributed by atoms with van der Waals surface area (Å²) in [4.78, 5) is 28.1. The van der Waals surface area contributed by atoms with Crippen molar-refractivity contribution in [2.45, 2.75) is 32.4 Å². The van der Waals surface area contributed by atoms with Gasteiger partial charge in [0, 0.05) is 13.1 Å². The van der Waals surface area contributed by atoms with Gasteiger partial charge in [-0.05, 0) is 54.3 Å². The molecule has 0 aromatic heterocycles. The highest BCUT2D eigenvalue weighted by atomic mass is 16.5. The molecule has 0 fully saturated rings. The summed E-state index contributed by atoms with van der Waals surface area (Å²) in [7, 11) is 4.73. The van der Waals surface area contributed by atoms with Gasteiger partial charge in [-0.15, -0.1) is 0 Å². The molecule has 190 valence electrons. The van der Waals surface area contributed by atoms with Crippen molar-refractivity contribution < 1.29 is 23.8 Å². The fraction of sp³-hybridized carbons (Fsp3) is 0.310. The second kappa shape index (κ2) is 13.2. The molecule has 0 aliphatic heterocycles. The Bertz CT molecular complexity index is 1130. The van der Waals surface area contributed by atoms with Crippen LogP contribution in [0.3, 0.4) is 0 Å². The third-order valence-electron chi connectivity index (χ3n) is 6.04. The Hall–Kier alpha value is -4.00. The maximum absolute atomic E-state index is 13.5. The van der Waals surface area contributed by atoms with Crippen LogP contribution in [-0.2, 0) is 29.0 Å². The zero-order valence-electron chi connectivity index (χ0n) is 21.3. The van der Waals surface area contributed by atoms with Crippen LogP contribution in [0, 0.1) is 0 Å². The maximum Gasteiger partial charge on any atom is 0.242 e. The minimum Gasteiger partial charge on any atom is -0.497 e. The van der Waals surface area contributed by atoms with E-state index in [0.29, 0.717) is 24.6 Å². The zero-order chi connectivity index (χ0) is 25.9. The summed E-state index contributed by atoms with van der Waals surface area (Å²) in [5, 5.41) is 2.98. The van der Waals surface area contributed by atoms with Crippen molar-refractivity contribution in [3.8, 4) is 17.2 Å². The molecule has 1 atom stereocenters. The lowest BCUT2D eigenvalue weighted by Gasteiger charge is -2.29. The van der Waals surface area contributed by atoms with Crippen molar-refractivity contribution in [3.63, 3.8) is 0 Å². The smallest absolute Gasteiger partial charge is 0.242 e. The van der Waals surface area contributed by atoms with E-state index in [2.05, 4.69) is 5.32 Å². The molecule has 0 bridgehead atoms. The third kappa shape index (κ3) is 7.25. The normalized spacial score (nSPS) is 11.3. The Morgan fingerprint density at radius 2 is 1.47 bits per heavy atom. The average molecular weight is 491 g/mol. The topological polar surface area (TPSA) is 77.1 Å². The molecule has 0 aliphatic carbocycles. The van der Waals surface area contributed by atoms with Crippen LogP contribution in [0.5, 0.6) is 17.2 Å². The van der Waals surface area contributed by atoms with Gasteiger partial charge in [0.05, 0.1) is 27.8 Å². The van der Waals surface area contributed by atoms with Gasteiger partial charge in [0.1, 0.15) is 11.8 Å². The summed E-state index contributed by atoms with van der Waals surface area (Å²) in [6.07, 6.45) is 0.843. The number of methoxy groups -OCH3 is 3. The van der Waals surface area contributed by atoms with E-state index in [1.54, 1.807) is 45.3 Å². The summed E-state index contributed by atoms with van der Waals surface area (Å²) in [6.45, 7) is 2.55. The number of nitrogens with one attached hydrogen (secondary N) is 1. The Morgan fingerprint density at radius 3 is 2.11 bits per heavy atom. The van der Waals surface area contributed by atoms with Gasteiger partial charge in [0.2, 0.25) is 11.8 Å². The number of amides is 2. The summed E-state index contributed by atoms with van der Waals surface area (Å²) in [5.41, 5.74) is 2.82. The van der Waals surface area contributed by atoms with E-state index in [4.69, 9.17) is 14.2 Å². The molecule has 3 rings (SSSR count). The predicted molar refractivity (Wildman–Crippen MR) is 139 cm³/mol. The summed E-state index contributed by atoms with van der Waals surface area (Å²) in [6, 6.07) is 22.2. The molecule has 2 amide bonds. The van der Waals surface area contributed by atoms with Crippen LogP contribution in [0.1, 0.15) is 23.6 Å². The first-order valence-electron chi connectivity index (χ1n) is 11.9. The number of carbonyl (C=O) groups excluding carboxylic acids is 2. The Balaban J connectivity index is 1.74. The van der Waals surface area contributed by atoms with Crippen molar-refractivity contribution in [1.82, 2.24) is 10.2 Å². The Kier molecular flexibility index (Phi) is 9.74. The summed E-state index contributed by atoms with van der Waals surface area (Å²) in [5.74, 6) is 1.52. The quantitative estimate of drug-likeness (QED) is 0.415. The fourth-order valence-corrected chi connectivity index (χ4v) is 3.90. The molecule has 7 nitrogen and oxygen atoms in total. The lowest BCUT2D eigenvalue weighted by atomic mass is 10.1. The number of nitrogens with zero attached hydrogens (tertiary/aromatic N) is 1. The van der Waals surface area contributed by atoms with Crippen LogP contribution < -0.4 is 19.5 Å². The second-order valence-corrected chi connectivity index (χ2v) is 8.44. The number of hydrogen-bond donors (Lipinski definition) is 1. The number of carbonyl (C=O) groups is 2. The first-order chi connectivity index (χ1) is 17.4. The maximum atomic E-state index is 13.5. The number of hydrogen-bond acceptors (Lipinski definition) is 5. The van der Waals surface area contributed by atoms with Crippen LogP contribution in [0.25, 0.3) is 0 Å². The van der Waals surface area contributed by atoms with Crippen molar-refractivity contribution in [2.75, 3.05) is 27.9 Å². The van der Waals surface area contributed by atoms with Gasteiger partial charge in [-0.2, -0.15) is 0 Å². The van der Waals surface area contributed by atoms with Gasteiger partial charge < -0.3 is 24.4 Å². The van der Waals surface area contributed by atoms with Gasteiger partial charge in [-0.3, -0.25) is 9.59 Å². The van der Waals surface area contributed by atoms with Crippen LogP contribution in [-0.4, -0.2) is 50.6 Å². The average Bonchev–Trinajstić information content (AvgIpc) is 2.92. The molecule has 0 saturated carbocycles. The molecular weight excluding hydrogens is 456 g/mol. The first-order valence-corrected chi connectivity index (χ1v) is 11.9. The van der Waals surface area contributed by atoms with Gasteiger partial charge in [0.25, 0.3) is 0 Å². The molecule has 0 radical (unpaired) electrons. The van der Waals surface area contributed by atoms with Gasteiger partial charge >= 0.3 is 0 Å². The van der Waals surface area contributed by atoms with E-state index < -0.39 is 6.04 Å². The molecule has 3 aromatic carbocycles. The third-order valence-corrected chi connectivity index (χ3v) is 6.04. The van der Waals surface area contributed by atoms with Crippen molar-refractivity contribution in [2.24, 2.45) is 0 Å². The highest BCUT2D eigenvalue weighted by molar-refractivity contribution is 5.88. The van der Waals surface area contributed by atoms with Crippen LogP contribution in [0.2, 0.25) is 0 Å². The Labute approximate surface area is 213 Å². The molecule has 0 heterocycles. The molecule has 0 saturated heterocycles. The van der Waals surface area contributed by atoms with Crippen molar-refractivity contribution >= 4 is 11.8 Å². The van der Waals surface area contributed by atoms with E-state index in [1.165, 1.54) is 0 Å². The molecular formula is C29H34N2O5. The molecule has 36 heavy (non-hydrogen) atoms. The standard InChI is InChI=1S/C29H34N2O5/c1-21(29(33)30-17-16-22-8-6-5-7-9-22)31(20-23-10-13-25(34-2)14-11-23)28(32)19-24-12-15-26(35-3)27(18-24)36-4/h5-15,18,21H,16-17,19-20H2,1-4H3,(H,30,33)/t21-/m0/s1. The molecule has 0 unspecified atom stereocenters. The number of rotatable bonds is 12. The highest BCUT2D eigenvalue weighted by Crippen LogP contribution is 2.28. The fourth-order valence-electron chi connectivity index (χ4n) is 3.90. The van der Waals surface area contributed by atoms with Crippen LogP contribution in [0.15, 0.2) is 72.8 Å². The lowest BCUT2D eigenvalue weighted by Crippen LogP contribution is -2.48. The second-order valence-electron chi connectivity index (χ2n) is 8.44. The molecule has 0 spiro atoms. The van der Waals surface area contributed by atoms with Crippen LogP contribution >= 0.6 is 0 Å². The van der Waals surface area contributed by atoms with E-state index in [1.807, 2.05) is 60.7 Å². The lowest BCUT2D eigenvalue weighted by molar-refractivity contribution is -0.140. The minimum atomic E-state index is -0.657. The van der Waals surface area contributed by atoms with Gasteiger partial charge in [-0.1, -0.05) is 48.5 Å². The molecule has 0 aliphatic rings. The van der Waals surface area contributed by atoms with Crippen LogP contribution in [0.4, 0.5) is 0 Å². The minimum absolute atomic E-state index is 0.123. The first kappa shape index (κ1) is 26.6. The van der Waals surface area contributed by atoms with E-state index in [-0.39, 0.29) is 18.2 Å². The molecule has 7 heteroatoms. The SMILES string of the molecule is COc1ccc(CN(C(=O)Cc2ccc(OC)c(OC)c2)[C@@H](C)C(=O)NCCc2ccccc2)cc1. The van der Waals surface area contributed by atoms with E-state index >= 15 is 0 Å². The Morgan fingerprint density at radius 1 is 0.806 bits per heavy atom. The zero-order valence-corrected chi connectivity index (χ0v) is 21.3. The predicted octanol–water partition coefficient (Wildman–Crippen LogP) is 4.03. The molecule has 1 N–H and O–H groups in total. The van der Waals surface area contributed by atoms with E-state index in [0.717, 1.165) is 28.9 Å². The highest BCUT2D eigenvalue weighted by Gasteiger charge is 2.26. The molecule has 3 aromatic rings. The van der Waals surface area contributed by atoms with Crippen molar-refractivity contribution in [3.05, 3.63) is 89.5 Å². The summed E-state index contributed by atoms with van der Waals surface area (Å²) >= 11 is 0. The number of benzene rings is 3. The van der Waals surface area contributed by atoms with E-state index in [9.17, 15) is 9.59 Å². The number of ether oxygens (including phenoxy) is 3. The van der Waals surface area contributed by atoms with Gasteiger partial charge in [0.15, 0.2) is 11.5 Å².